The number of benzene rings is 1. The molecule has 0 aliphatic carbocycles. The minimum Gasteiger partial charge on any atom is -0.323 e. The van der Waals surface area contributed by atoms with E-state index in [-0.39, 0.29) is 5.82 Å². The Hall–Kier alpha value is -1.42. The van der Waals surface area contributed by atoms with E-state index in [1.165, 1.54) is 12.3 Å². The zero-order chi connectivity index (χ0) is 9.26. The van der Waals surface area contributed by atoms with E-state index in [0.717, 1.165) is 10.1 Å². The lowest BCUT2D eigenvalue weighted by molar-refractivity contribution is 0.628. The summed E-state index contributed by atoms with van der Waals surface area (Å²) in [4.78, 5) is 0. The Bertz CT molecular complexity index is 462. The van der Waals surface area contributed by atoms with E-state index in [1.54, 1.807) is 17.4 Å². The Morgan fingerprint density at radius 3 is 3.08 bits per heavy atom. The number of fused-ring (bicyclic) bond motifs is 1. The summed E-state index contributed by atoms with van der Waals surface area (Å²) >= 11 is 1.57. The fourth-order valence-corrected chi connectivity index (χ4v) is 2.00. The van der Waals surface area contributed by atoms with E-state index >= 15 is 0 Å². The predicted molar refractivity (Wildman–Crippen MR) is 53.6 cm³/mol. The lowest BCUT2D eigenvalue weighted by Crippen LogP contribution is -1.90. The van der Waals surface area contributed by atoms with Gasteiger partial charge in [-0.15, -0.1) is 11.3 Å². The number of hydrazone groups is 1. The first kappa shape index (κ1) is 8.19. The zero-order valence-electron chi connectivity index (χ0n) is 6.70. The Kier molecular flexibility index (Phi) is 1.98. The molecule has 1 heterocycles. The third-order valence-electron chi connectivity index (χ3n) is 1.79. The fraction of sp³-hybridized carbons (Fsp3) is 0. The highest BCUT2D eigenvalue weighted by atomic mass is 32.1. The molecule has 0 spiro atoms. The molecule has 0 aliphatic heterocycles. The van der Waals surface area contributed by atoms with Crippen LogP contribution in [0.3, 0.4) is 0 Å². The van der Waals surface area contributed by atoms with Crippen LogP contribution >= 0.6 is 11.3 Å². The van der Waals surface area contributed by atoms with Crippen molar-refractivity contribution in [3.05, 3.63) is 35.0 Å². The highest BCUT2D eigenvalue weighted by Crippen LogP contribution is 2.23. The van der Waals surface area contributed by atoms with Gasteiger partial charge in [-0.05, 0) is 29.0 Å². The molecule has 0 aliphatic rings. The van der Waals surface area contributed by atoms with Gasteiger partial charge < -0.3 is 5.84 Å². The van der Waals surface area contributed by atoms with Crippen LogP contribution in [0.2, 0.25) is 0 Å². The van der Waals surface area contributed by atoms with Gasteiger partial charge in [-0.25, -0.2) is 4.39 Å². The lowest BCUT2D eigenvalue weighted by atomic mass is 10.2. The molecule has 0 bridgehead atoms. The minimum absolute atomic E-state index is 0.292. The molecule has 13 heavy (non-hydrogen) atoms. The van der Waals surface area contributed by atoms with E-state index in [9.17, 15) is 4.39 Å². The van der Waals surface area contributed by atoms with E-state index in [4.69, 9.17) is 5.84 Å². The van der Waals surface area contributed by atoms with Crippen LogP contribution in [0.15, 0.2) is 28.7 Å². The molecule has 1 aromatic carbocycles. The molecule has 2 nitrogen and oxygen atoms in total. The van der Waals surface area contributed by atoms with Crippen molar-refractivity contribution in [3.8, 4) is 0 Å². The second-order valence-corrected chi connectivity index (χ2v) is 3.56. The lowest BCUT2D eigenvalue weighted by Gasteiger charge is -1.95. The van der Waals surface area contributed by atoms with Crippen LogP contribution in [0.25, 0.3) is 10.1 Å². The third-order valence-corrected chi connectivity index (χ3v) is 2.66. The Morgan fingerprint density at radius 2 is 2.31 bits per heavy atom. The number of nitrogens with two attached hydrogens (primary N) is 1. The van der Waals surface area contributed by atoms with Gasteiger partial charge in [0.2, 0.25) is 0 Å². The zero-order valence-corrected chi connectivity index (χ0v) is 7.51. The molecule has 0 fully saturated rings. The standard InChI is InChI=1S/C9H7FN2S/c10-8-3-6-1-2-13-9(6)4-7(8)5-12-11/h1-5H,11H2. The number of hydrogen-bond donors (Lipinski definition) is 1. The molecular formula is C9H7FN2S. The van der Waals surface area contributed by atoms with Gasteiger partial charge >= 0.3 is 0 Å². The van der Waals surface area contributed by atoms with Crippen LogP contribution in [0, 0.1) is 5.82 Å². The SMILES string of the molecule is NN=Cc1cc2sccc2cc1F. The summed E-state index contributed by atoms with van der Waals surface area (Å²) in [6, 6.07) is 5.11. The molecule has 0 saturated carbocycles. The molecule has 1 aromatic heterocycles. The average molecular weight is 194 g/mol. The molecule has 2 aromatic rings. The van der Waals surface area contributed by atoms with Gasteiger partial charge in [-0.1, -0.05) is 0 Å². The summed E-state index contributed by atoms with van der Waals surface area (Å²) in [6.07, 6.45) is 1.31. The van der Waals surface area contributed by atoms with Crippen molar-refractivity contribution in [2.45, 2.75) is 0 Å². The number of hydrogen-bond acceptors (Lipinski definition) is 3. The summed E-state index contributed by atoms with van der Waals surface area (Å²) < 4.78 is 14.3. The predicted octanol–water partition coefficient (Wildman–Crippen LogP) is 2.33. The Balaban J connectivity index is 2.69. The smallest absolute Gasteiger partial charge is 0.132 e. The average Bonchev–Trinajstić information content (AvgIpc) is 2.52. The Labute approximate surface area is 78.5 Å². The second kappa shape index (κ2) is 3.14. The van der Waals surface area contributed by atoms with Gasteiger partial charge in [0, 0.05) is 10.3 Å². The van der Waals surface area contributed by atoms with Crippen molar-refractivity contribution in [3.63, 3.8) is 0 Å². The highest BCUT2D eigenvalue weighted by Gasteiger charge is 2.02. The molecule has 0 radical (unpaired) electrons. The number of rotatable bonds is 1. The number of nitrogens with zero attached hydrogens (tertiary/aromatic N) is 1. The summed E-state index contributed by atoms with van der Waals surface area (Å²) in [6.45, 7) is 0. The maximum absolute atomic E-state index is 13.2. The van der Waals surface area contributed by atoms with E-state index in [0.29, 0.717) is 5.56 Å². The topological polar surface area (TPSA) is 38.4 Å². The molecule has 0 atom stereocenters. The van der Waals surface area contributed by atoms with Crippen molar-refractivity contribution < 1.29 is 4.39 Å². The maximum atomic E-state index is 13.2. The van der Waals surface area contributed by atoms with Crippen LogP contribution in [0.4, 0.5) is 4.39 Å². The maximum Gasteiger partial charge on any atom is 0.132 e. The highest BCUT2D eigenvalue weighted by molar-refractivity contribution is 7.17. The quantitative estimate of drug-likeness (QED) is 0.422. The largest absolute Gasteiger partial charge is 0.323 e. The molecule has 66 valence electrons. The summed E-state index contributed by atoms with van der Waals surface area (Å²) in [5.74, 6) is 4.66. The first-order valence-electron chi connectivity index (χ1n) is 3.71. The van der Waals surface area contributed by atoms with Gasteiger partial charge in [0.05, 0.1) is 6.21 Å². The van der Waals surface area contributed by atoms with E-state index in [1.807, 2.05) is 11.4 Å². The molecule has 4 heteroatoms. The normalized spacial score (nSPS) is 11.5. The van der Waals surface area contributed by atoms with Gasteiger partial charge in [0.25, 0.3) is 0 Å². The van der Waals surface area contributed by atoms with E-state index < -0.39 is 0 Å². The Morgan fingerprint density at radius 1 is 1.46 bits per heavy atom. The van der Waals surface area contributed by atoms with Gasteiger partial charge in [-0.2, -0.15) is 5.10 Å². The number of thiophene rings is 1. The van der Waals surface area contributed by atoms with Crippen LogP contribution in [0.1, 0.15) is 5.56 Å². The fourth-order valence-electron chi connectivity index (χ4n) is 1.18. The molecular weight excluding hydrogens is 187 g/mol. The van der Waals surface area contributed by atoms with Gasteiger partial charge in [0.15, 0.2) is 0 Å². The first-order chi connectivity index (χ1) is 6.31. The van der Waals surface area contributed by atoms with Crippen LogP contribution in [-0.4, -0.2) is 6.21 Å². The molecule has 0 saturated heterocycles. The van der Waals surface area contributed by atoms with Crippen LogP contribution in [0.5, 0.6) is 0 Å². The van der Waals surface area contributed by atoms with Gasteiger partial charge in [0.1, 0.15) is 5.82 Å². The second-order valence-electron chi connectivity index (χ2n) is 2.61. The summed E-state index contributed by atoms with van der Waals surface area (Å²) in [5.41, 5.74) is 0.428. The summed E-state index contributed by atoms with van der Waals surface area (Å²) in [5, 5.41) is 6.14. The van der Waals surface area contributed by atoms with Crippen molar-refractivity contribution >= 4 is 27.6 Å². The molecule has 2 N–H and O–H groups in total. The van der Waals surface area contributed by atoms with Crippen molar-refractivity contribution in [1.29, 1.82) is 0 Å². The monoisotopic (exact) mass is 194 g/mol. The van der Waals surface area contributed by atoms with Crippen molar-refractivity contribution in [2.24, 2.45) is 10.9 Å². The van der Waals surface area contributed by atoms with Crippen molar-refractivity contribution in [2.75, 3.05) is 0 Å². The first-order valence-corrected chi connectivity index (χ1v) is 4.59. The molecule has 2 rings (SSSR count). The van der Waals surface area contributed by atoms with Gasteiger partial charge in [-0.3, -0.25) is 0 Å². The van der Waals surface area contributed by atoms with Crippen molar-refractivity contribution in [1.82, 2.24) is 0 Å². The molecule has 0 unspecified atom stereocenters. The third kappa shape index (κ3) is 1.40. The summed E-state index contributed by atoms with van der Waals surface area (Å²) in [7, 11) is 0. The van der Waals surface area contributed by atoms with Crippen LogP contribution in [-0.2, 0) is 0 Å². The number of halogens is 1. The van der Waals surface area contributed by atoms with E-state index in [2.05, 4.69) is 5.10 Å². The van der Waals surface area contributed by atoms with Crippen LogP contribution < -0.4 is 5.84 Å². The molecule has 0 amide bonds. The minimum atomic E-state index is -0.292.